The zero-order valence-electron chi connectivity index (χ0n) is 11.1. The van der Waals surface area contributed by atoms with Gasteiger partial charge < -0.3 is 19.1 Å². The molecule has 0 N–H and O–H groups in total. The van der Waals surface area contributed by atoms with E-state index in [2.05, 4.69) is 0 Å². The van der Waals surface area contributed by atoms with E-state index in [0.29, 0.717) is 13.1 Å². The molecular weight excluding hydrogens is 222 g/mol. The van der Waals surface area contributed by atoms with Crippen LogP contribution in [0.5, 0.6) is 0 Å². The highest BCUT2D eigenvalue weighted by Gasteiger charge is 2.48. The molecule has 0 aromatic rings. The molecule has 2 aliphatic heterocycles. The summed E-state index contributed by atoms with van der Waals surface area (Å²) >= 11 is 0. The molecule has 2 fully saturated rings. The lowest BCUT2D eigenvalue weighted by Crippen LogP contribution is -2.38. The average molecular weight is 243 g/mol. The van der Waals surface area contributed by atoms with E-state index in [-0.39, 0.29) is 18.3 Å². The summed E-state index contributed by atoms with van der Waals surface area (Å²) in [5.41, 5.74) is -0.463. The second-order valence-electron chi connectivity index (χ2n) is 6.10. The smallest absolute Gasteiger partial charge is 0.410 e. The van der Waals surface area contributed by atoms with Crippen molar-refractivity contribution < 1.29 is 19.0 Å². The Labute approximate surface area is 102 Å². The molecule has 0 bridgehead atoms. The number of hydrogen-bond donors (Lipinski definition) is 0. The fraction of sp³-hybridized carbons (Fsp3) is 0.917. The van der Waals surface area contributed by atoms with Gasteiger partial charge in [-0.05, 0) is 34.6 Å². The Balaban J connectivity index is 1.91. The molecule has 1 amide bonds. The Kier molecular flexibility index (Phi) is 2.86. The molecule has 0 aliphatic carbocycles. The normalized spacial score (nSPS) is 31.5. The van der Waals surface area contributed by atoms with E-state index in [1.165, 1.54) is 0 Å². The number of ether oxygens (including phenoxy) is 3. The first-order chi connectivity index (χ1) is 7.66. The SMILES string of the molecule is CC(C)(C)OC(=O)N1C[C@@H]2OC(C)(C)O[C@@H]2C1. The van der Waals surface area contributed by atoms with Crippen molar-refractivity contribution in [3.8, 4) is 0 Å². The van der Waals surface area contributed by atoms with Gasteiger partial charge in [0.1, 0.15) is 17.8 Å². The third kappa shape index (κ3) is 2.90. The number of likely N-dealkylation sites (tertiary alicyclic amines) is 1. The molecule has 0 aromatic heterocycles. The first-order valence-electron chi connectivity index (χ1n) is 6.00. The van der Waals surface area contributed by atoms with Crippen LogP contribution in [-0.2, 0) is 14.2 Å². The molecular formula is C12H21NO4. The van der Waals surface area contributed by atoms with Gasteiger partial charge in [-0.1, -0.05) is 0 Å². The topological polar surface area (TPSA) is 48.0 Å². The first kappa shape index (κ1) is 12.6. The van der Waals surface area contributed by atoms with Crippen molar-refractivity contribution in [1.29, 1.82) is 0 Å². The van der Waals surface area contributed by atoms with Crippen LogP contribution in [0.15, 0.2) is 0 Å². The maximum Gasteiger partial charge on any atom is 0.410 e. The Morgan fingerprint density at radius 1 is 1.24 bits per heavy atom. The fourth-order valence-electron chi connectivity index (χ4n) is 2.20. The first-order valence-corrected chi connectivity index (χ1v) is 6.00. The number of nitrogens with zero attached hydrogens (tertiary/aromatic N) is 1. The molecule has 0 spiro atoms. The predicted octanol–water partition coefficient (Wildman–Crippen LogP) is 1.76. The standard InChI is InChI=1S/C12H21NO4/c1-11(2,3)17-10(14)13-6-8-9(7-13)16-12(4,5)15-8/h8-9H,6-7H2,1-5H3/t8-,9+. The molecule has 2 saturated heterocycles. The molecule has 0 aromatic carbocycles. The lowest BCUT2D eigenvalue weighted by atomic mass is 10.2. The van der Waals surface area contributed by atoms with Gasteiger partial charge in [-0.25, -0.2) is 4.79 Å². The molecule has 2 aliphatic rings. The molecule has 17 heavy (non-hydrogen) atoms. The van der Waals surface area contributed by atoms with Crippen LogP contribution in [0.4, 0.5) is 4.79 Å². The Bertz CT molecular complexity index is 305. The molecule has 5 heteroatoms. The van der Waals surface area contributed by atoms with Crippen molar-refractivity contribution in [1.82, 2.24) is 4.90 Å². The van der Waals surface area contributed by atoms with E-state index in [0.717, 1.165) is 0 Å². The van der Waals surface area contributed by atoms with Crippen LogP contribution >= 0.6 is 0 Å². The largest absolute Gasteiger partial charge is 0.444 e. The molecule has 0 radical (unpaired) electrons. The third-order valence-corrected chi connectivity index (χ3v) is 2.74. The minimum atomic E-state index is -0.532. The fourth-order valence-corrected chi connectivity index (χ4v) is 2.20. The van der Waals surface area contributed by atoms with Crippen molar-refractivity contribution in [3.05, 3.63) is 0 Å². The molecule has 5 nitrogen and oxygen atoms in total. The summed E-state index contributed by atoms with van der Waals surface area (Å²) in [6.45, 7) is 10.5. The minimum Gasteiger partial charge on any atom is -0.444 e. The zero-order valence-corrected chi connectivity index (χ0v) is 11.1. The number of carbonyl (C=O) groups excluding carboxylic acids is 1. The van der Waals surface area contributed by atoms with Crippen LogP contribution in [0.1, 0.15) is 34.6 Å². The summed E-state index contributed by atoms with van der Waals surface area (Å²) in [4.78, 5) is 13.5. The highest BCUT2D eigenvalue weighted by Crippen LogP contribution is 2.33. The molecule has 0 unspecified atom stereocenters. The number of fused-ring (bicyclic) bond motifs is 1. The highest BCUT2D eigenvalue weighted by molar-refractivity contribution is 5.68. The van der Waals surface area contributed by atoms with E-state index in [1.54, 1.807) is 4.90 Å². The number of hydrogen-bond acceptors (Lipinski definition) is 4. The number of amides is 1. The minimum absolute atomic E-state index is 0.0301. The van der Waals surface area contributed by atoms with Crippen molar-refractivity contribution in [2.45, 2.75) is 58.2 Å². The molecule has 2 heterocycles. The van der Waals surface area contributed by atoms with Gasteiger partial charge >= 0.3 is 6.09 Å². The van der Waals surface area contributed by atoms with Gasteiger partial charge in [-0.3, -0.25) is 0 Å². The summed E-state index contributed by atoms with van der Waals surface area (Å²) in [6.07, 6.45) is -0.355. The van der Waals surface area contributed by atoms with Crippen molar-refractivity contribution in [2.75, 3.05) is 13.1 Å². The van der Waals surface area contributed by atoms with E-state index in [1.807, 2.05) is 34.6 Å². The second-order valence-corrected chi connectivity index (χ2v) is 6.10. The zero-order chi connectivity index (χ0) is 12.8. The molecule has 2 rings (SSSR count). The number of rotatable bonds is 0. The van der Waals surface area contributed by atoms with E-state index < -0.39 is 11.4 Å². The average Bonchev–Trinajstić information content (AvgIpc) is 2.53. The monoisotopic (exact) mass is 243 g/mol. The summed E-state index contributed by atoms with van der Waals surface area (Å²) < 4.78 is 16.7. The van der Waals surface area contributed by atoms with Gasteiger partial charge in [-0.15, -0.1) is 0 Å². The van der Waals surface area contributed by atoms with Gasteiger partial charge in [0.15, 0.2) is 5.79 Å². The van der Waals surface area contributed by atoms with Crippen LogP contribution in [0.25, 0.3) is 0 Å². The highest BCUT2D eigenvalue weighted by atomic mass is 16.8. The quantitative estimate of drug-likeness (QED) is 0.650. The van der Waals surface area contributed by atoms with Gasteiger partial charge in [0, 0.05) is 0 Å². The van der Waals surface area contributed by atoms with Gasteiger partial charge in [0.25, 0.3) is 0 Å². The predicted molar refractivity (Wildman–Crippen MR) is 61.6 cm³/mol. The maximum atomic E-state index is 11.8. The second kappa shape index (κ2) is 3.85. The van der Waals surface area contributed by atoms with Gasteiger partial charge in [-0.2, -0.15) is 0 Å². The maximum absolute atomic E-state index is 11.8. The van der Waals surface area contributed by atoms with Crippen molar-refractivity contribution in [2.24, 2.45) is 0 Å². The van der Waals surface area contributed by atoms with Gasteiger partial charge in [0.2, 0.25) is 0 Å². The lowest BCUT2D eigenvalue weighted by molar-refractivity contribution is -0.154. The van der Waals surface area contributed by atoms with E-state index >= 15 is 0 Å². The summed E-state index contributed by atoms with van der Waals surface area (Å²) in [6, 6.07) is 0. The Morgan fingerprint density at radius 3 is 2.12 bits per heavy atom. The van der Waals surface area contributed by atoms with Crippen LogP contribution in [0.2, 0.25) is 0 Å². The van der Waals surface area contributed by atoms with Crippen LogP contribution < -0.4 is 0 Å². The van der Waals surface area contributed by atoms with E-state index in [9.17, 15) is 4.79 Å². The summed E-state index contributed by atoms with van der Waals surface area (Å²) in [7, 11) is 0. The molecule has 0 saturated carbocycles. The Morgan fingerprint density at radius 2 is 1.71 bits per heavy atom. The molecule has 98 valence electrons. The van der Waals surface area contributed by atoms with Crippen LogP contribution in [0.3, 0.4) is 0 Å². The Hall–Kier alpha value is -0.810. The lowest BCUT2D eigenvalue weighted by Gasteiger charge is -2.26. The van der Waals surface area contributed by atoms with Gasteiger partial charge in [0.05, 0.1) is 13.1 Å². The van der Waals surface area contributed by atoms with E-state index in [4.69, 9.17) is 14.2 Å². The third-order valence-electron chi connectivity index (χ3n) is 2.74. The van der Waals surface area contributed by atoms with Crippen molar-refractivity contribution in [3.63, 3.8) is 0 Å². The molecule has 2 atom stereocenters. The summed E-state index contributed by atoms with van der Waals surface area (Å²) in [5, 5.41) is 0. The van der Waals surface area contributed by atoms with Crippen molar-refractivity contribution >= 4 is 6.09 Å². The van der Waals surface area contributed by atoms with Crippen LogP contribution in [-0.4, -0.2) is 47.7 Å². The van der Waals surface area contributed by atoms with Crippen LogP contribution in [0, 0.1) is 0 Å². The summed E-state index contributed by atoms with van der Waals surface area (Å²) in [5.74, 6) is -0.532. The number of carbonyl (C=O) groups is 1.